The predicted molar refractivity (Wildman–Crippen MR) is 87.7 cm³/mol. The molecule has 0 fully saturated rings. The van der Waals surface area contributed by atoms with Gasteiger partial charge >= 0.3 is 0 Å². The zero-order chi connectivity index (χ0) is 17.4. The number of para-hydroxylation sites is 1. The molecule has 8 nitrogen and oxygen atoms in total. The van der Waals surface area contributed by atoms with Gasteiger partial charge in [-0.2, -0.15) is 0 Å². The molecule has 0 aliphatic rings. The van der Waals surface area contributed by atoms with Crippen LogP contribution < -0.4 is 11.5 Å². The molecule has 0 aliphatic heterocycles. The molecule has 4 N–H and O–H groups in total. The van der Waals surface area contributed by atoms with Gasteiger partial charge in [-0.25, -0.2) is 0 Å². The van der Waals surface area contributed by atoms with Crippen LogP contribution in [0.2, 0.25) is 0 Å². The first-order valence-corrected chi connectivity index (χ1v) is 6.89. The van der Waals surface area contributed by atoms with Crippen molar-refractivity contribution in [3.8, 4) is 0 Å². The molecule has 0 bridgehead atoms. The number of aromatic nitrogens is 1. The highest BCUT2D eigenvalue weighted by Gasteiger charge is 2.23. The lowest BCUT2D eigenvalue weighted by Gasteiger charge is -2.06. The van der Waals surface area contributed by atoms with Crippen LogP contribution in [0.1, 0.15) is 20.7 Å². The van der Waals surface area contributed by atoms with Gasteiger partial charge in [-0.3, -0.25) is 24.3 Å². The smallest absolute Gasteiger partial charge is 0.269 e. The number of primary amides is 1. The van der Waals surface area contributed by atoms with Crippen LogP contribution in [0.3, 0.4) is 0 Å². The van der Waals surface area contributed by atoms with Crippen LogP contribution in [0, 0.1) is 10.1 Å². The minimum atomic E-state index is -0.737. The number of nitrogens with zero attached hydrogens (tertiary/aromatic N) is 2. The molecule has 0 radical (unpaired) electrons. The molecule has 0 aliphatic carbocycles. The average molecular weight is 324 g/mol. The fourth-order valence-corrected chi connectivity index (χ4v) is 2.59. The quantitative estimate of drug-likeness (QED) is 0.560. The van der Waals surface area contributed by atoms with Crippen LogP contribution in [0.4, 0.5) is 11.5 Å². The van der Waals surface area contributed by atoms with Crippen molar-refractivity contribution in [1.82, 2.24) is 4.57 Å². The summed E-state index contributed by atoms with van der Waals surface area (Å²) in [6.45, 7) is 0. The molecule has 0 saturated carbocycles. The maximum absolute atomic E-state index is 12.8. The highest BCUT2D eigenvalue weighted by atomic mass is 16.6. The predicted octanol–water partition coefficient (Wildman–Crippen LogP) is 1.92. The number of carbonyl (C=O) groups excluding carboxylic acids is 2. The van der Waals surface area contributed by atoms with E-state index in [2.05, 4.69) is 0 Å². The number of hydrogen-bond acceptors (Lipinski definition) is 5. The Morgan fingerprint density at radius 1 is 1.04 bits per heavy atom. The van der Waals surface area contributed by atoms with E-state index in [1.165, 1.54) is 28.8 Å². The number of nitrogen functional groups attached to an aromatic ring is 1. The van der Waals surface area contributed by atoms with Gasteiger partial charge in [0.05, 0.1) is 16.0 Å². The van der Waals surface area contributed by atoms with Crippen molar-refractivity contribution in [3.63, 3.8) is 0 Å². The molecule has 3 rings (SSSR count). The lowest BCUT2D eigenvalue weighted by Crippen LogP contribution is -2.17. The van der Waals surface area contributed by atoms with Gasteiger partial charge in [-0.05, 0) is 18.2 Å². The number of benzene rings is 2. The summed E-state index contributed by atoms with van der Waals surface area (Å²) in [7, 11) is 0. The van der Waals surface area contributed by atoms with Gasteiger partial charge in [-0.15, -0.1) is 0 Å². The summed E-state index contributed by atoms with van der Waals surface area (Å²) in [4.78, 5) is 34.6. The second kappa shape index (κ2) is 5.51. The average Bonchev–Trinajstić information content (AvgIpc) is 2.86. The number of amides is 1. The first-order chi connectivity index (χ1) is 11.4. The Morgan fingerprint density at radius 2 is 1.67 bits per heavy atom. The summed E-state index contributed by atoms with van der Waals surface area (Å²) >= 11 is 0. The molecule has 8 heteroatoms. The SMILES string of the molecule is NC(=O)c1c(N)n(C(=O)c2ccc([N+](=O)[O-])cc2)c2ccccc12. The van der Waals surface area contributed by atoms with Crippen molar-refractivity contribution in [3.05, 3.63) is 69.8 Å². The van der Waals surface area contributed by atoms with Gasteiger partial charge in [0.25, 0.3) is 17.5 Å². The highest BCUT2D eigenvalue weighted by molar-refractivity contribution is 6.16. The van der Waals surface area contributed by atoms with E-state index in [4.69, 9.17) is 11.5 Å². The van der Waals surface area contributed by atoms with Crippen LogP contribution in [-0.2, 0) is 0 Å². The molecular weight excluding hydrogens is 312 g/mol. The molecule has 0 saturated heterocycles. The van der Waals surface area contributed by atoms with Crippen molar-refractivity contribution in [1.29, 1.82) is 0 Å². The Morgan fingerprint density at radius 3 is 2.25 bits per heavy atom. The van der Waals surface area contributed by atoms with E-state index in [0.717, 1.165) is 0 Å². The summed E-state index contributed by atoms with van der Waals surface area (Å²) in [6.07, 6.45) is 0. The molecule has 2 aromatic carbocycles. The van der Waals surface area contributed by atoms with E-state index >= 15 is 0 Å². The summed E-state index contributed by atoms with van der Waals surface area (Å²) < 4.78 is 1.18. The van der Waals surface area contributed by atoms with Gasteiger partial charge in [0.2, 0.25) is 0 Å². The molecule has 1 heterocycles. The number of hydrogen-bond donors (Lipinski definition) is 2. The fraction of sp³-hybridized carbons (Fsp3) is 0. The van der Waals surface area contributed by atoms with Crippen molar-refractivity contribution in [2.45, 2.75) is 0 Å². The third-order valence-corrected chi connectivity index (χ3v) is 3.69. The molecule has 1 amide bonds. The van der Waals surface area contributed by atoms with E-state index in [0.29, 0.717) is 10.9 Å². The Bertz CT molecular complexity index is 989. The van der Waals surface area contributed by atoms with Crippen LogP contribution in [0.15, 0.2) is 48.5 Å². The normalized spacial score (nSPS) is 10.7. The van der Waals surface area contributed by atoms with E-state index in [-0.39, 0.29) is 22.6 Å². The third kappa shape index (κ3) is 2.26. The number of carbonyl (C=O) groups is 2. The maximum Gasteiger partial charge on any atom is 0.269 e. The highest BCUT2D eigenvalue weighted by Crippen LogP contribution is 2.29. The molecule has 0 spiro atoms. The summed E-state index contributed by atoms with van der Waals surface area (Å²) in [6, 6.07) is 11.8. The lowest BCUT2D eigenvalue weighted by molar-refractivity contribution is -0.384. The third-order valence-electron chi connectivity index (χ3n) is 3.69. The molecular formula is C16H12N4O4. The van der Waals surface area contributed by atoms with Crippen LogP contribution >= 0.6 is 0 Å². The van der Waals surface area contributed by atoms with Crippen LogP contribution in [0.25, 0.3) is 10.9 Å². The number of nitro groups is 1. The summed E-state index contributed by atoms with van der Waals surface area (Å²) in [5, 5.41) is 11.2. The van der Waals surface area contributed by atoms with Crippen LogP contribution in [-0.4, -0.2) is 21.3 Å². The number of fused-ring (bicyclic) bond motifs is 1. The molecule has 3 aromatic rings. The summed E-state index contributed by atoms with van der Waals surface area (Å²) in [5.41, 5.74) is 11.9. The number of nitro benzene ring substituents is 1. The van der Waals surface area contributed by atoms with E-state index < -0.39 is 16.7 Å². The van der Waals surface area contributed by atoms with Crippen molar-refractivity contribution < 1.29 is 14.5 Å². The van der Waals surface area contributed by atoms with Gasteiger partial charge in [-0.1, -0.05) is 18.2 Å². The Hall–Kier alpha value is -3.68. The van der Waals surface area contributed by atoms with Gasteiger partial charge in [0.1, 0.15) is 5.82 Å². The number of rotatable bonds is 3. The molecule has 0 atom stereocenters. The maximum atomic E-state index is 12.8. The van der Waals surface area contributed by atoms with Crippen LogP contribution in [0.5, 0.6) is 0 Å². The number of anilines is 1. The standard InChI is InChI=1S/C16H12N4O4/c17-14-13(15(18)21)11-3-1-2-4-12(11)19(14)16(22)9-5-7-10(8-6-9)20(23)24/h1-8H,17H2,(H2,18,21). The summed E-state index contributed by atoms with van der Waals surface area (Å²) in [5.74, 6) is -1.31. The Balaban J connectivity index is 2.18. The minimum Gasteiger partial charge on any atom is -0.384 e. The first kappa shape index (κ1) is 15.2. The second-order valence-electron chi connectivity index (χ2n) is 5.09. The number of nitrogens with two attached hydrogens (primary N) is 2. The fourth-order valence-electron chi connectivity index (χ4n) is 2.59. The minimum absolute atomic E-state index is 0.0629. The largest absolute Gasteiger partial charge is 0.384 e. The second-order valence-corrected chi connectivity index (χ2v) is 5.09. The van der Waals surface area contributed by atoms with Crippen molar-refractivity contribution >= 4 is 34.2 Å². The van der Waals surface area contributed by atoms with E-state index in [9.17, 15) is 19.7 Å². The van der Waals surface area contributed by atoms with Crippen molar-refractivity contribution in [2.75, 3.05) is 5.73 Å². The van der Waals surface area contributed by atoms with E-state index in [1.54, 1.807) is 24.3 Å². The number of non-ortho nitro benzene ring substituents is 1. The molecule has 120 valence electrons. The van der Waals surface area contributed by atoms with Gasteiger partial charge in [0.15, 0.2) is 0 Å². The van der Waals surface area contributed by atoms with Crippen molar-refractivity contribution in [2.24, 2.45) is 5.73 Å². The molecule has 0 unspecified atom stereocenters. The lowest BCUT2D eigenvalue weighted by atomic mass is 10.1. The zero-order valence-electron chi connectivity index (χ0n) is 12.3. The topological polar surface area (TPSA) is 134 Å². The molecule has 1 aromatic heterocycles. The Labute approximate surface area is 135 Å². The van der Waals surface area contributed by atoms with E-state index in [1.807, 2.05) is 0 Å². The Kier molecular flexibility index (Phi) is 3.49. The van der Waals surface area contributed by atoms with Gasteiger partial charge < -0.3 is 11.5 Å². The molecule has 24 heavy (non-hydrogen) atoms. The first-order valence-electron chi connectivity index (χ1n) is 6.89. The zero-order valence-corrected chi connectivity index (χ0v) is 12.3. The monoisotopic (exact) mass is 324 g/mol. The van der Waals surface area contributed by atoms with Gasteiger partial charge in [0, 0.05) is 23.1 Å².